The lowest BCUT2D eigenvalue weighted by molar-refractivity contribution is -0.148. The summed E-state index contributed by atoms with van der Waals surface area (Å²) < 4.78 is 15.6. The minimum Gasteiger partial charge on any atom is -0.496 e. The predicted octanol–water partition coefficient (Wildman–Crippen LogP) is 3.31. The third kappa shape index (κ3) is 7.58. The van der Waals surface area contributed by atoms with Crippen molar-refractivity contribution in [3.8, 4) is 11.5 Å². The van der Waals surface area contributed by atoms with E-state index in [9.17, 15) is 14.4 Å². The molecule has 0 unspecified atom stereocenters. The van der Waals surface area contributed by atoms with Crippen molar-refractivity contribution in [1.29, 1.82) is 0 Å². The molecule has 160 valence electrons. The summed E-state index contributed by atoms with van der Waals surface area (Å²) in [5.41, 5.74) is 1.32. The van der Waals surface area contributed by atoms with Crippen LogP contribution in [0.1, 0.15) is 42.1 Å². The van der Waals surface area contributed by atoms with Crippen LogP contribution in [0.4, 0.5) is 0 Å². The molecule has 2 aromatic rings. The van der Waals surface area contributed by atoms with Crippen molar-refractivity contribution in [1.82, 2.24) is 5.32 Å². The van der Waals surface area contributed by atoms with Crippen LogP contribution in [0, 0.1) is 0 Å². The van der Waals surface area contributed by atoms with Crippen molar-refractivity contribution in [2.24, 2.45) is 0 Å². The lowest BCUT2D eigenvalue weighted by atomic mass is 10.1. The number of ketones is 1. The Kier molecular flexibility index (Phi) is 9.37. The lowest BCUT2D eigenvalue weighted by Gasteiger charge is -2.10. The fourth-order valence-electron chi connectivity index (χ4n) is 2.63. The van der Waals surface area contributed by atoms with Crippen LogP contribution in [-0.2, 0) is 20.9 Å². The van der Waals surface area contributed by atoms with Crippen LogP contribution in [0.2, 0.25) is 0 Å². The minimum absolute atomic E-state index is 0.0107. The van der Waals surface area contributed by atoms with Gasteiger partial charge in [-0.05, 0) is 36.8 Å². The molecule has 0 saturated heterocycles. The first kappa shape index (κ1) is 22.9. The van der Waals surface area contributed by atoms with Crippen LogP contribution in [0.5, 0.6) is 11.5 Å². The van der Waals surface area contributed by atoms with E-state index in [4.69, 9.17) is 14.2 Å². The van der Waals surface area contributed by atoms with E-state index in [1.807, 2.05) is 25.1 Å². The lowest BCUT2D eigenvalue weighted by Crippen LogP contribution is -2.28. The highest BCUT2D eigenvalue weighted by atomic mass is 16.5. The maximum Gasteiger partial charge on any atom is 0.306 e. The number of hydrogen-bond acceptors (Lipinski definition) is 6. The average molecular weight is 413 g/mol. The average Bonchev–Trinajstić information content (AvgIpc) is 2.78. The van der Waals surface area contributed by atoms with Gasteiger partial charge in [-0.1, -0.05) is 25.1 Å². The largest absolute Gasteiger partial charge is 0.496 e. The molecular formula is C23H27NO6. The van der Waals surface area contributed by atoms with Crippen molar-refractivity contribution < 1.29 is 28.6 Å². The van der Waals surface area contributed by atoms with Gasteiger partial charge in [-0.2, -0.15) is 0 Å². The molecule has 0 radical (unpaired) electrons. The van der Waals surface area contributed by atoms with E-state index in [-0.39, 0.29) is 25.2 Å². The van der Waals surface area contributed by atoms with E-state index in [1.165, 1.54) is 0 Å². The second-order valence-electron chi connectivity index (χ2n) is 6.55. The van der Waals surface area contributed by atoms with Gasteiger partial charge in [0.15, 0.2) is 12.4 Å². The summed E-state index contributed by atoms with van der Waals surface area (Å²) >= 11 is 0. The Morgan fingerprint density at radius 2 is 1.70 bits per heavy atom. The Morgan fingerprint density at radius 3 is 2.40 bits per heavy atom. The molecule has 30 heavy (non-hydrogen) atoms. The molecule has 2 aromatic carbocycles. The summed E-state index contributed by atoms with van der Waals surface area (Å²) in [5.74, 6) is 0.168. The summed E-state index contributed by atoms with van der Waals surface area (Å²) in [6, 6.07) is 14.1. The number of esters is 1. The van der Waals surface area contributed by atoms with Crippen molar-refractivity contribution in [3.63, 3.8) is 0 Å². The second-order valence-corrected chi connectivity index (χ2v) is 6.55. The van der Waals surface area contributed by atoms with Gasteiger partial charge in [0.1, 0.15) is 11.5 Å². The first-order chi connectivity index (χ1) is 14.5. The molecular weight excluding hydrogens is 386 g/mol. The first-order valence-electron chi connectivity index (χ1n) is 9.83. The van der Waals surface area contributed by atoms with Crippen molar-refractivity contribution in [3.05, 3.63) is 59.7 Å². The molecule has 0 spiro atoms. The Balaban J connectivity index is 1.68. The van der Waals surface area contributed by atoms with Gasteiger partial charge in [0.2, 0.25) is 0 Å². The Hall–Kier alpha value is -3.35. The SMILES string of the molecule is CCCOc1ccc(C(=O)CCC(=O)OCC(=O)NCc2ccccc2OC)cc1. The number of benzene rings is 2. The van der Waals surface area contributed by atoms with E-state index >= 15 is 0 Å². The summed E-state index contributed by atoms with van der Waals surface area (Å²) in [5, 5.41) is 2.66. The summed E-state index contributed by atoms with van der Waals surface area (Å²) in [6.45, 7) is 2.50. The number of nitrogens with one attached hydrogen (secondary N) is 1. The molecule has 0 fully saturated rings. The molecule has 0 saturated carbocycles. The number of methoxy groups -OCH3 is 1. The zero-order chi connectivity index (χ0) is 21.8. The highest BCUT2D eigenvalue weighted by molar-refractivity contribution is 5.97. The summed E-state index contributed by atoms with van der Waals surface area (Å²) in [4.78, 5) is 35.9. The monoisotopic (exact) mass is 413 g/mol. The molecule has 0 aromatic heterocycles. The fourth-order valence-corrected chi connectivity index (χ4v) is 2.63. The van der Waals surface area contributed by atoms with Gasteiger partial charge < -0.3 is 19.5 Å². The van der Waals surface area contributed by atoms with E-state index in [0.717, 1.165) is 12.0 Å². The Morgan fingerprint density at radius 1 is 0.967 bits per heavy atom. The van der Waals surface area contributed by atoms with E-state index in [0.29, 0.717) is 23.7 Å². The number of hydrogen-bond donors (Lipinski definition) is 1. The number of carbonyl (C=O) groups excluding carboxylic acids is 3. The quantitative estimate of drug-likeness (QED) is 0.424. The molecule has 0 bridgehead atoms. The maximum atomic E-state index is 12.2. The predicted molar refractivity (Wildman–Crippen MR) is 112 cm³/mol. The standard InChI is InChI=1S/C23H27NO6/c1-3-14-29-19-10-8-17(9-11-19)20(25)12-13-23(27)30-16-22(26)24-15-18-6-4-5-7-21(18)28-2/h4-11H,3,12-16H2,1-2H3,(H,24,26). The van der Waals surface area contributed by atoms with Gasteiger partial charge in [-0.3, -0.25) is 14.4 Å². The molecule has 2 rings (SSSR count). The molecule has 7 nitrogen and oxygen atoms in total. The third-order valence-electron chi connectivity index (χ3n) is 4.24. The van der Waals surface area contributed by atoms with Crippen LogP contribution in [0.3, 0.4) is 0 Å². The van der Waals surface area contributed by atoms with Gasteiger partial charge in [0.25, 0.3) is 5.91 Å². The van der Waals surface area contributed by atoms with Crippen LogP contribution < -0.4 is 14.8 Å². The highest BCUT2D eigenvalue weighted by Crippen LogP contribution is 2.17. The molecule has 0 aliphatic carbocycles. The molecule has 0 heterocycles. The third-order valence-corrected chi connectivity index (χ3v) is 4.24. The van der Waals surface area contributed by atoms with Crippen molar-refractivity contribution in [2.75, 3.05) is 20.3 Å². The smallest absolute Gasteiger partial charge is 0.306 e. The number of carbonyl (C=O) groups is 3. The van der Waals surface area contributed by atoms with E-state index in [2.05, 4.69) is 5.32 Å². The van der Waals surface area contributed by atoms with Gasteiger partial charge in [0.05, 0.1) is 20.1 Å². The molecule has 0 aliphatic rings. The maximum absolute atomic E-state index is 12.2. The zero-order valence-corrected chi connectivity index (χ0v) is 17.3. The number of ether oxygens (including phenoxy) is 3. The van der Waals surface area contributed by atoms with Gasteiger partial charge in [-0.25, -0.2) is 0 Å². The summed E-state index contributed by atoms with van der Waals surface area (Å²) in [7, 11) is 1.55. The zero-order valence-electron chi connectivity index (χ0n) is 17.3. The van der Waals surface area contributed by atoms with Crippen molar-refractivity contribution >= 4 is 17.7 Å². The van der Waals surface area contributed by atoms with Crippen LogP contribution in [0.15, 0.2) is 48.5 Å². The van der Waals surface area contributed by atoms with Gasteiger partial charge in [0, 0.05) is 24.1 Å². The highest BCUT2D eigenvalue weighted by Gasteiger charge is 2.12. The van der Waals surface area contributed by atoms with Crippen LogP contribution >= 0.6 is 0 Å². The van der Waals surface area contributed by atoms with Crippen molar-refractivity contribution in [2.45, 2.75) is 32.7 Å². The van der Waals surface area contributed by atoms with Crippen LogP contribution in [0.25, 0.3) is 0 Å². The Bertz CT molecular complexity index is 847. The molecule has 0 aliphatic heterocycles. The Labute approximate surface area is 176 Å². The van der Waals surface area contributed by atoms with E-state index in [1.54, 1.807) is 37.4 Å². The number of Topliss-reactive ketones (excluding diaryl/α,β-unsaturated/α-hetero) is 1. The normalized spacial score (nSPS) is 10.2. The topological polar surface area (TPSA) is 90.9 Å². The van der Waals surface area contributed by atoms with Gasteiger partial charge in [-0.15, -0.1) is 0 Å². The minimum atomic E-state index is -0.598. The second kappa shape index (κ2) is 12.3. The fraction of sp³-hybridized carbons (Fsp3) is 0.348. The number of rotatable bonds is 12. The van der Waals surface area contributed by atoms with Crippen LogP contribution in [-0.4, -0.2) is 38.0 Å². The molecule has 1 amide bonds. The van der Waals surface area contributed by atoms with E-state index < -0.39 is 18.5 Å². The molecule has 1 N–H and O–H groups in total. The molecule has 0 atom stereocenters. The summed E-state index contributed by atoms with van der Waals surface area (Å²) in [6.07, 6.45) is 0.824. The first-order valence-corrected chi connectivity index (χ1v) is 9.83. The number of amides is 1. The van der Waals surface area contributed by atoms with Gasteiger partial charge >= 0.3 is 5.97 Å². The number of para-hydroxylation sites is 1. The molecule has 7 heteroatoms.